The minimum absolute atomic E-state index is 0.0386. The Bertz CT molecular complexity index is 851. The number of hydrogen-bond acceptors (Lipinski definition) is 5. The number of nitrogens with zero attached hydrogens (tertiary/aromatic N) is 1. The van der Waals surface area contributed by atoms with Crippen LogP contribution in [0.3, 0.4) is 0 Å². The molecule has 0 atom stereocenters. The third-order valence-electron chi connectivity index (χ3n) is 3.78. The molecule has 0 bridgehead atoms. The molecule has 2 N–H and O–H groups in total. The van der Waals surface area contributed by atoms with Gasteiger partial charge in [-0.1, -0.05) is 24.3 Å². The van der Waals surface area contributed by atoms with E-state index in [0.717, 1.165) is 11.1 Å². The first kappa shape index (κ1) is 18.6. The molecular weight excluding hydrogens is 322 g/mol. The van der Waals surface area contributed by atoms with Gasteiger partial charge in [-0.15, -0.1) is 0 Å². The molecule has 132 valence electrons. The summed E-state index contributed by atoms with van der Waals surface area (Å²) >= 11 is 0. The molecule has 0 unspecified atom stereocenters. The summed E-state index contributed by atoms with van der Waals surface area (Å²) in [4.78, 5) is 24.5. The number of benzene rings is 1. The van der Waals surface area contributed by atoms with Crippen LogP contribution in [0.1, 0.15) is 27.2 Å². The van der Waals surface area contributed by atoms with Gasteiger partial charge in [-0.3, -0.25) is 9.59 Å². The SMILES string of the molecule is Cc1cc(O)c(C(=O)/C=C/c2cccc(COCCO)c2)c(=O)n1C. The average Bonchev–Trinajstić information content (AvgIpc) is 2.59. The van der Waals surface area contributed by atoms with Gasteiger partial charge >= 0.3 is 0 Å². The molecule has 6 nitrogen and oxygen atoms in total. The van der Waals surface area contributed by atoms with E-state index in [1.807, 2.05) is 24.3 Å². The molecule has 25 heavy (non-hydrogen) atoms. The summed E-state index contributed by atoms with van der Waals surface area (Å²) < 4.78 is 6.58. The maximum Gasteiger partial charge on any atom is 0.265 e. The number of hydrogen-bond donors (Lipinski definition) is 2. The van der Waals surface area contributed by atoms with Crippen molar-refractivity contribution in [2.75, 3.05) is 13.2 Å². The maximum absolute atomic E-state index is 12.3. The van der Waals surface area contributed by atoms with Crippen molar-refractivity contribution in [2.24, 2.45) is 7.05 Å². The van der Waals surface area contributed by atoms with E-state index in [4.69, 9.17) is 9.84 Å². The van der Waals surface area contributed by atoms with E-state index in [1.54, 1.807) is 20.0 Å². The number of aromatic nitrogens is 1. The van der Waals surface area contributed by atoms with E-state index < -0.39 is 11.3 Å². The molecule has 6 heteroatoms. The number of aryl methyl sites for hydroxylation is 1. The number of allylic oxidation sites excluding steroid dienone is 1. The summed E-state index contributed by atoms with van der Waals surface area (Å²) in [6.45, 7) is 2.25. The summed E-state index contributed by atoms with van der Waals surface area (Å²) in [6, 6.07) is 8.74. The van der Waals surface area contributed by atoms with Gasteiger partial charge in [0.2, 0.25) is 0 Å². The lowest BCUT2D eigenvalue weighted by Crippen LogP contribution is -2.25. The zero-order chi connectivity index (χ0) is 18.4. The first-order valence-corrected chi connectivity index (χ1v) is 7.83. The van der Waals surface area contributed by atoms with Crippen LogP contribution in [0.4, 0.5) is 0 Å². The average molecular weight is 343 g/mol. The first-order chi connectivity index (χ1) is 11.9. The van der Waals surface area contributed by atoms with E-state index >= 15 is 0 Å². The van der Waals surface area contributed by atoms with Crippen molar-refractivity contribution >= 4 is 11.9 Å². The third kappa shape index (κ3) is 4.65. The van der Waals surface area contributed by atoms with Crippen molar-refractivity contribution in [3.8, 4) is 5.75 Å². The van der Waals surface area contributed by atoms with Gasteiger partial charge in [-0.05, 0) is 30.2 Å². The fraction of sp³-hybridized carbons (Fsp3) is 0.263. The largest absolute Gasteiger partial charge is 0.507 e. The number of pyridine rings is 1. The number of rotatable bonds is 7. The lowest BCUT2D eigenvalue weighted by Gasteiger charge is -2.07. The van der Waals surface area contributed by atoms with Gasteiger partial charge < -0.3 is 19.5 Å². The quantitative estimate of drug-likeness (QED) is 0.455. The van der Waals surface area contributed by atoms with Crippen molar-refractivity contribution in [1.82, 2.24) is 4.57 Å². The fourth-order valence-electron chi connectivity index (χ4n) is 2.33. The second-order valence-corrected chi connectivity index (χ2v) is 5.63. The second kappa shape index (κ2) is 8.41. The molecule has 0 aliphatic rings. The van der Waals surface area contributed by atoms with E-state index in [-0.39, 0.29) is 24.5 Å². The van der Waals surface area contributed by atoms with Gasteiger partial charge in [0.15, 0.2) is 5.78 Å². The third-order valence-corrected chi connectivity index (χ3v) is 3.78. The lowest BCUT2D eigenvalue weighted by atomic mass is 10.1. The van der Waals surface area contributed by atoms with Gasteiger partial charge in [0.25, 0.3) is 5.56 Å². The highest BCUT2D eigenvalue weighted by Crippen LogP contribution is 2.16. The van der Waals surface area contributed by atoms with Gasteiger partial charge in [0.1, 0.15) is 11.3 Å². The predicted molar refractivity (Wildman–Crippen MR) is 94.6 cm³/mol. The number of aromatic hydroxyl groups is 1. The van der Waals surface area contributed by atoms with Gasteiger partial charge in [-0.25, -0.2) is 0 Å². The number of aliphatic hydroxyl groups excluding tert-OH is 1. The number of ether oxygens (including phenoxy) is 1. The molecule has 0 amide bonds. The van der Waals surface area contributed by atoms with Crippen LogP contribution < -0.4 is 5.56 Å². The van der Waals surface area contributed by atoms with Crippen molar-refractivity contribution < 1.29 is 19.7 Å². The zero-order valence-corrected chi connectivity index (χ0v) is 14.2. The van der Waals surface area contributed by atoms with Crippen LogP contribution in [-0.4, -0.2) is 33.8 Å². The zero-order valence-electron chi connectivity index (χ0n) is 14.2. The normalized spacial score (nSPS) is 11.2. The minimum Gasteiger partial charge on any atom is -0.507 e. The van der Waals surface area contributed by atoms with Crippen molar-refractivity contribution in [3.05, 3.63) is 69.1 Å². The molecule has 2 aromatic rings. The Balaban J connectivity index is 2.20. The Morgan fingerprint density at radius 3 is 2.80 bits per heavy atom. The molecule has 0 fully saturated rings. The highest BCUT2D eigenvalue weighted by molar-refractivity contribution is 6.08. The molecule has 0 aliphatic carbocycles. The van der Waals surface area contributed by atoms with E-state index in [9.17, 15) is 14.7 Å². The van der Waals surface area contributed by atoms with Crippen molar-refractivity contribution in [2.45, 2.75) is 13.5 Å². The van der Waals surface area contributed by atoms with E-state index in [2.05, 4.69) is 0 Å². The van der Waals surface area contributed by atoms with E-state index in [0.29, 0.717) is 12.3 Å². The molecule has 0 aliphatic heterocycles. The van der Waals surface area contributed by atoms with E-state index in [1.165, 1.54) is 16.7 Å². The molecule has 1 aromatic heterocycles. The Hall–Kier alpha value is -2.70. The Kier molecular flexibility index (Phi) is 6.27. The molecule has 0 saturated heterocycles. The van der Waals surface area contributed by atoms with Crippen LogP contribution in [0.15, 0.2) is 41.2 Å². The smallest absolute Gasteiger partial charge is 0.265 e. The molecule has 0 saturated carbocycles. The van der Waals surface area contributed by atoms with Crippen molar-refractivity contribution in [3.63, 3.8) is 0 Å². The number of carbonyl (C=O) groups is 1. The van der Waals surface area contributed by atoms with Crippen LogP contribution in [0, 0.1) is 6.92 Å². The topological polar surface area (TPSA) is 88.8 Å². The highest BCUT2D eigenvalue weighted by Gasteiger charge is 2.16. The van der Waals surface area contributed by atoms with Gasteiger partial charge in [0, 0.05) is 18.8 Å². The number of ketones is 1. The molecule has 0 spiro atoms. The lowest BCUT2D eigenvalue weighted by molar-refractivity contribution is 0.0815. The van der Waals surface area contributed by atoms with Crippen LogP contribution >= 0.6 is 0 Å². The van der Waals surface area contributed by atoms with Crippen LogP contribution in [0.5, 0.6) is 5.75 Å². The Labute approximate surface area is 145 Å². The molecule has 1 aromatic carbocycles. The Morgan fingerprint density at radius 2 is 2.08 bits per heavy atom. The molecule has 0 radical (unpaired) electrons. The Morgan fingerprint density at radius 1 is 1.32 bits per heavy atom. The first-order valence-electron chi connectivity index (χ1n) is 7.83. The van der Waals surface area contributed by atoms with Crippen LogP contribution in [-0.2, 0) is 18.4 Å². The monoisotopic (exact) mass is 343 g/mol. The van der Waals surface area contributed by atoms with Crippen molar-refractivity contribution in [1.29, 1.82) is 0 Å². The fourth-order valence-corrected chi connectivity index (χ4v) is 2.33. The van der Waals surface area contributed by atoms with Crippen LogP contribution in [0.25, 0.3) is 6.08 Å². The molecule has 2 rings (SSSR count). The summed E-state index contributed by atoms with van der Waals surface area (Å²) in [7, 11) is 1.55. The standard InChI is InChI=1S/C19H21NO5/c1-13-10-17(23)18(19(24)20(13)2)16(22)7-6-14-4-3-5-15(11-14)12-25-9-8-21/h3-7,10-11,21,23H,8-9,12H2,1-2H3/b7-6+. The second-order valence-electron chi connectivity index (χ2n) is 5.63. The molecular formula is C19H21NO5. The summed E-state index contributed by atoms with van der Waals surface area (Å²) in [5, 5.41) is 18.6. The van der Waals surface area contributed by atoms with Gasteiger partial charge in [-0.2, -0.15) is 0 Å². The summed E-state index contributed by atoms with van der Waals surface area (Å²) in [5.74, 6) is -0.874. The summed E-state index contributed by atoms with van der Waals surface area (Å²) in [6.07, 6.45) is 2.84. The minimum atomic E-state index is -0.556. The predicted octanol–water partition coefficient (Wildman–Crippen LogP) is 1.80. The van der Waals surface area contributed by atoms with Crippen LogP contribution in [0.2, 0.25) is 0 Å². The maximum atomic E-state index is 12.3. The highest BCUT2D eigenvalue weighted by atomic mass is 16.5. The number of aliphatic hydroxyl groups is 1. The molecule has 1 heterocycles. The van der Waals surface area contributed by atoms with Gasteiger partial charge in [0.05, 0.1) is 19.8 Å². The summed E-state index contributed by atoms with van der Waals surface area (Å²) in [5.41, 5.74) is 1.46. The number of carbonyl (C=O) groups excluding carboxylic acids is 1.